The van der Waals surface area contributed by atoms with E-state index in [1.165, 1.54) is 5.56 Å². The summed E-state index contributed by atoms with van der Waals surface area (Å²) >= 11 is 6.30. The third kappa shape index (κ3) is 2.39. The Hall–Kier alpha value is -3.18. The van der Waals surface area contributed by atoms with Crippen LogP contribution >= 0.6 is 11.6 Å². The van der Waals surface area contributed by atoms with Crippen LogP contribution in [0.3, 0.4) is 0 Å². The van der Waals surface area contributed by atoms with Gasteiger partial charge in [-0.3, -0.25) is 4.79 Å². The number of benzene rings is 3. The number of halogens is 1. The normalized spacial score (nSPS) is 17.4. The third-order valence-corrected chi connectivity index (χ3v) is 6.63. The number of carbonyl (C=O) groups excluding carboxylic acids is 1. The molecule has 0 radical (unpaired) electrons. The van der Waals surface area contributed by atoms with Gasteiger partial charge >= 0.3 is 0 Å². The summed E-state index contributed by atoms with van der Waals surface area (Å²) in [5.41, 5.74) is 4.30. The van der Waals surface area contributed by atoms with Crippen LogP contribution < -0.4 is 9.64 Å². The number of phenols is 1. The second kappa shape index (κ2) is 6.41. The SMILES string of the molecule is O=C(c1cc2c3c(ccc2[nH]1)CCO3)N1C[C@@H](CCl)c2c1cc(O)c1ccccc21. The fourth-order valence-corrected chi connectivity index (χ4v) is 5.11. The molecule has 150 valence electrons. The van der Waals surface area contributed by atoms with E-state index in [4.69, 9.17) is 16.3 Å². The smallest absolute Gasteiger partial charge is 0.274 e. The van der Waals surface area contributed by atoms with Gasteiger partial charge in [0.1, 0.15) is 17.2 Å². The first-order valence-electron chi connectivity index (χ1n) is 10.1. The van der Waals surface area contributed by atoms with Crippen molar-refractivity contribution in [2.24, 2.45) is 0 Å². The van der Waals surface area contributed by atoms with Crippen LogP contribution in [0.1, 0.15) is 27.5 Å². The predicted molar refractivity (Wildman–Crippen MR) is 118 cm³/mol. The second-order valence-corrected chi connectivity index (χ2v) is 8.25. The molecule has 0 unspecified atom stereocenters. The summed E-state index contributed by atoms with van der Waals surface area (Å²) in [6.07, 6.45) is 0.892. The number of nitrogens with zero attached hydrogens (tertiary/aromatic N) is 1. The van der Waals surface area contributed by atoms with Gasteiger partial charge < -0.3 is 19.7 Å². The maximum absolute atomic E-state index is 13.5. The molecule has 0 fully saturated rings. The Morgan fingerprint density at radius 3 is 2.83 bits per heavy atom. The van der Waals surface area contributed by atoms with E-state index in [2.05, 4.69) is 4.98 Å². The Kier molecular flexibility index (Phi) is 3.77. The van der Waals surface area contributed by atoms with Crippen LogP contribution in [0.4, 0.5) is 5.69 Å². The lowest BCUT2D eigenvalue weighted by atomic mass is 9.95. The number of ether oxygens (including phenoxy) is 1. The van der Waals surface area contributed by atoms with Crippen molar-refractivity contribution in [1.29, 1.82) is 0 Å². The van der Waals surface area contributed by atoms with E-state index < -0.39 is 0 Å². The minimum Gasteiger partial charge on any atom is -0.507 e. The van der Waals surface area contributed by atoms with Gasteiger partial charge in [-0.15, -0.1) is 11.6 Å². The summed E-state index contributed by atoms with van der Waals surface area (Å²) in [5.74, 6) is 1.31. The highest BCUT2D eigenvalue weighted by Crippen LogP contribution is 2.45. The van der Waals surface area contributed by atoms with Crippen molar-refractivity contribution in [3.8, 4) is 11.5 Å². The zero-order valence-corrected chi connectivity index (χ0v) is 16.9. The Labute approximate surface area is 177 Å². The fourth-order valence-electron chi connectivity index (χ4n) is 4.86. The molecule has 3 aromatic carbocycles. The Morgan fingerprint density at radius 2 is 2.00 bits per heavy atom. The van der Waals surface area contributed by atoms with Crippen molar-refractivity contribution < 1.29 is 14.6 Å². The number of rotatable bonds is 2. The zero-order chi connectivity index (χ0) is 20.4. The molecule has 2 N–H and O–H groups in total. The van der Waals surface area contributed by atoms with Crippen LogP contribution in [0.25, 0.3) is 21.7 Å². The number of nitrogens with one attached hydrogen (secondary N) is 1. The van der Waals surface area contributed by atoms with E-state index in [1.807, 2.05) is 42.5 Å². The minimum absolute atomic E-state index is 0.00748. The molecule has 2 aliphatic rings. The molecule has 0 bridgehead atoms. The first-order chi connectivity index (χ1) is 14.7. The third-order valence-electron chi connectivity index (χ3n) is 6.26. The molecular formula is C24H19ClN2O3. The largest absolute Gasteiger partial charge is 0.507 e. The Bertz CT molecular complexity index is 1340. The molecule has 0 aliphatic carbocycles. The number of phenolic OH excluding ortho intramolecular Hbond substituents is 1. The summed E-state index contributed by atoms with van der Waals surface area (Å²) in [7, 11) is 0. The lowest BCUT2D eigenvalue weighted by Crippen LogP contribution is -2.30. The minimum atomic E-state index is -0.138. The number of carbonyl (C=O) groups is 1. The average Bonchev–Trinajstić information content (AvgIpc) is 3.48. The number of aromatic amines is 1. The molecule has 0 spiro atoms. The molecule has 0 saturated heterocycles. The molecular weight excluding hydrogens is 400 g/mol. The van der Waals surface area contributed by atoms with Gasteiger partial charge in [-0.05, 0) is 28.6 Å². The van der Waals surface area contributed by atoms with Crippen molar-refractivity contribution in [2.75, 3.05) is 23.9 Å². The van der Waals surface area contributed by atoms with Crippen molar-refractivity contribution >= 4 is 44.9 Å². The lowest BCUT2D eigenvalue weighted by Gasteiger charge is -2.17. The molecule has 1 atom stereocenters. The van der Waals surface area contributed by atoms with Crippen LogP contribution in [0.15, 0.2) is 48.5 Å². The summed E-state index contributed by atoms with van der Waals surface area (Å²) in [6.45, 7) is 1.15. The van der Waals surface area contributed by atoms with Gasteiger partial charge in [0.2, 0.25) is 0 Å². The Morgan fingerprint density at radius 1 is 1.17 bits per heavy atom. The fraction of sp³-hybridized carbons (Fsp3) is 0.208. The zero-order valence-electron chi connectivity index (χ0n) is 16.1. The summed E-state index contributed by atoms with van der Waals surface area (Å²) in [6, 6.07) is 15.3. The van der Waals surface area contributed by atoms with Gasteiger partial charge in [0, 0.05) is 47.1 Å². The van der Waals surface area contributed by atoms with Crippen molar-refractivity contribution in [3.63, 3.8) is 0 Å². The van der Waals surface area contributed by atoms with Crippen molar-refractivity contribution in [1.82, 2.24) is 4.98 Å². The predicted octanol–water partition coefficient (Wildman–Crippen LogP) is 4.94. The number of H-pyrrole nitrogens is 1. The molecule has 5 nitrogen and oxygen atoms in total. The molecule has 2 aliphatic heterocycles. The highest BCUT2D eigenvalue weighted by Gasteiger charge is 2.35. The Balaban J connectivity index is 1.48. The van der Waals surface area contributed by atoms with E-state index in [-0.39, 0.29) is 17.6 Å². The monoisotopic (exact) mass is 418 g/mol. The molecule has 6 rings (SSSR count). The van der Waals surface area contributed by atoms with Crippen molar-refractivity contribution in [3.05, 3.63) is 65.4 Å². The van der Waals surface area contributed by atoms with E-state index in [9.17, 15) is 9.90 Å². The maximum Gasteiger partial charge on any atom is 0.274 e. The first kappa shape index (κ1) is 17.7. The number of aromatic hydroxyl groups is 1. The number of aromatic nitrogens is 1. The van der Waals surface area contributed by atoms with Crippen LogP contribution in [0.5, 0.6) is 11.5 Å². The number of alkyl halides is 1. The van der Waals surface area contributed by atoms with Crippen LogP contribution in [0, 0.1) is 0 Å². The van der Waals surface area contributed by atoms with Crippen LogP contribution in [-0.2, 0) is 6.42 Å². The van der Waals surface area contributed by atoms with Gasteiger partial charge in [0.15, 0.2) is 0 Å². The first-order valence-corrected chi connectivity index (χ1v) is 10.6. The second-order valence-electron chi connectivity index (χ2n) is 7.94. The number of hydrogen-bond donors (Lipinski definition) is 2. The van der Waals surface area contributed by atoms with Crippen LogP contribution in [0.2, 0.25) is 0 Å². The number of fused-ring (bicyclic) bond motifs is 6. The van der Waals surface area contributed by atoms with E-state index in [0.717, 1.165) is 45.1 Å². The molecule has 0 saturated carbocycles. The maximum atomic E-state index is 13.5. The number of amides is 1. The number of anilines is 1. The molecule has 1 aromatic heterocycles. The van der Waals surface area contributed by atoms with E-state index >= 15 is 0 Å². The molecule has 6 heteroatoms. The highest BCUT2D eigenvalue weighted by atomic mass is 35.5. The average molecular weight is 419 g/mol. The summed E-state index contributed by atoms with van der Waals surface area (Å²) < 4.78 is 5.79. The standard InChI is InChI=1S/C24H19ClN2O3/c25-11-14-12-27(20-10-21(28)15-3-1-2-4-16(15)22(14)20)24(29)19-9-17-18(26-19)6-5-13-7-8-30-23(13)17/h1-6,9-10,14,26,28H,7-8,11-12H2/t14-/m1/s1. The van der Waals surface area contributed by atoms with Crippen molar-refractivity contribution in [2.45, 2.75) is 12.3 Å². The van der Waals surface area contributed by atoms with Gasteiger partial charge in [-0.2, -0.15) is 0 Å². The molecule has 1 amide bonds. The highest BCUT2D eigenvalue weighted by molar-refractivity contribution is 6.19. The van der Waals surface area contributed by atoms with E-state index in [1.54, 1.807) is 11.0 Å². The molecule has 4 aromatic rings. The van der Waals surface area contributed by atoms with Gasteiger partial charge in [-0.25, -0.2) is 0 Å². The van der Waals surface area contributed by atoms with Gasteiger partial charge in [0.05, 0.1) is 12.3 Å². The lowest BCUT2D eigenvalue weighted by molar-refractivity contribution is 0.0984. The quantitative estimate of drug-likeness (QED) is 0.453. The summed E-state index contributed by atoms with van der Waals surface area (Å²) in [5, 5.41) is 13.2. The van der Waals surface area contributed by atoms with Gasteiger partial charge in [0.25, 0.3) is 5.91 Å². The molecule has 30 heavy (non-hydrogen) atoms. The summed E-state index contributed by atoms with van der Waals surface area (Å²) in [4.78, 5) is 18.5. The van der Waals surface area contributed by atoms with Gasteiger partial charge in [-0.1, -0.05) is 30.3 Å². The molecule has 3 heterocycles. The van der Waals surface area contributed by atoms with Crippen LogP contribution in [-0.4, -0.2) is 35.0 Å². The topological polar surface area (TPSA) is 65.6 Å². The number of hydrogen-bond acceptors (Lipinski definition) is 3. The van der Waals surface area contributed by atoms with E-state index in [0.29, 0.717) is 24.7 Å².